The molecule has 1 aromatic rings. The summed E-state index contributed by atoms with van der Waals surface area (Å²) in [6.45, 7) is 4.65. The summed E-state index contributed by atoms with van der Waals surface area (Å²) in [5.74, 6) is 0.917. The Bertz CT molecular complexity index is 699. The van der Waals surface area contributed by atoms with Crippen LogP contribution in [-0.4, -0.2) is 28.0 Å². The van der Waals surface area contributed by atoms with E-state index in [2.05, 4.69) is 36.3 Å². The number of carbonyl (C=O) groups is 2. The summed E-state index contributed by atoms with van der Waals surface area (Å²) in [6.07, 6.45) is 12.5. The Morgan fingerprint density at radius 1 is 1.33 bits per heavy atom. The maximum absolute atomic E-state index is 12.7. The molecule has 0 spiro atoms. The molecule has 1 aromatic heterocycles. The average molecular weight is 370 g/mol. The number of pyridine rings is 1. The van der Waals surface area contributed by atoms with Crippen LogP contribution in [0.15, 0.2) is 36.7 Å². The van der Waals surface area contributed by atoms with E-state index in [9.17, 15) is 9.59 Å². The molecule has 146 valence electrons. The minimum Gasteiger partial charge on any atom is -0.481 e. The highest BCUT2D eigenvalue weighted by Crippen LogP contribution is 2.61. The van der Waals surface area contributed by atoms with Gasteiger partial charge in [0.15, 0.2) is 0 Å². The molecular weight excluding hydrogens is 340 g/mol. The number of fused-ring (bicyclic) bond motifs is 2. The van der Waals surface area contributed by atoms with E-state index in [-0.39, 0.29) is 23.8 Å². The molecule has 5 nitrogen and oxygen atoms in total. The van der Waals surface area contributed by atoms with Gasteiger partial charge in [-0.3, -0.25) is 14.6 Å². The van der Waals surface area contributed by atoms with E-state index < -0.39 is 5.97 Å². The number of aliphatic carboxylic acids is 1. The third kappa shape index (κ3) is 4.40. The fraction of sp³-hybridized carbons (Fsp3) is 0.591. The number of hydrogen-bond acceptors (Lipinski definition) is 3. The molecule has 4 atom stereocenters. The lowest BCUT2D eigenvalue weighted by Gasteiger charge is -2.62. The Hall–Kier alpha value is -2.17. The summed E-state index contributed by atoms with van der Waals surface area (Å²) in [6, 6.07) is 3.77. The Labute approximate surface area is 161 Å². The number of aromatic nitrogens is 1. The topological polar surface area (TPSA) is 79.3 Å². The van der Waals surface area contributed by atoms with Gasteiger partial charge in [-0.25, -0.2) is 0 Å². The van der Waals surface area contributed by atoms with Crippen LogP contribution in [0.2, 0.25) is 0 Å². The van der Waals surface area contributed by atoms with Crippen LogP contribution >= 0.6 is 0 Å². The van der Waals surface area contributed by atoms with Crippen molar-refractivity contribution in [3.63, 3.8) is 0 Å². The first-order valence-corrected chi connectivity index (χ1v) is 9.97. The van der Waals surface area contributed by atoms with Gasteiger partial charge in [0, 0.05) is 24.9 Å². The number of hydrogen-bond donors (Lipinski definition) is 2. The molecule has 5 heteroatoms. The number of carbonyl (C=O) groups excluding carboxylic acids is 1. The van der Waals surface area contributed by atoms with Gasteiger partial charge >= 0.3 is 5.97 Å². The second-order valence-corrected chi connectivity index (χ2v) is 8.59. The van der Waals surface area contributed by atoms with E-state index in [0.29, 0.717) is 23.8 Å². The van der Waals surface area contributed by atoms with Gasteiger partial charge in [0.2, 0.25) is 0 Å². The van der Waals surface area contributed by atoms with Crippen LogP contribution in [-0.2, 0) is 4.79 Å². The quantitative estimate of drug-likeness (QED) is 0.534. The molecule has 1 amide bonds. The molecule has 3 fully saturated rings. The summed E-state index contributed by atoms with van der Waals surface area (Å²) in [7, 11) is 0. The zero-order valence-electron chi connectivity index (χ0n) is 16.2. The van der Waals surface area contributed by atoms with Gasteiger partial charge in [0.1, 0.15) is 0 Å². The minimum absolute atomic E-state index is 0.0373. The SMILES string of the molecule is CC1(C)[C@H]2C[C@H](C/C=C/CCCC(=O)O)[C@@H](NC(=O)c3cccnc3)[C@@H]1C2. The summed E-state index contributed by atoms with van der Waals surface area (Å²) in [5.41, 5.74) is 0.897. The second-order valence-electron chi connectivity index (χ2n) is 8.59. The van der Waals surface area contributed by atoms with Gasteiger partial charge < -0.3 is 10.4 Å². The molecule has 4 rings (SSSR count). The third-order valence-corrected chi connectivity index (χ3v) is 6.66. The highest BCUT2D eigenvalue weighted by atomic mass is 16.4. The van der Waals surface area contributed by atoms with Crippen LogP contribution in [0.4, 0.5) is 0 Å². The summed E-state index contributed by atoms with van der Waals surface area (Å²) in [5, 5.41) is 12.0. The number of amides is 1. The van der Waals surface area contributed by atoms with Crippen molar-refractivity contribution in [1.82, 2.24) is 10.3 Å². The van der Waals surface area contributed by atoms with Crippen molar-refractivity contribution < 1.29 is 14.7 Å². The first kappa shape index (κ1) is 19.6. The van der Waals surface area contributed by atoms with Gasteiger partial charge in [-0.15, -0.1) is 0 Å². The Morgan fingerprint density at radius 2 is 2.15 bits per heavy atom. The summed E-state index contributed by atoms with van der Waals surface area (Å²) >= 11 is 0. The van der Waals surface area contributed by atoms with Crippen molar-refractivity contribution in [2.24, 2.45) is 23.2 Å². The number of unbranched alkanes of at least 4 members (excludes halogenated alkanes) is 1. The lowest BCUT2D eigenvalue weighted by molar-refractivity contribution is -0.137. The van der Waals surface area contributed by atoms with Crippen LogP contribution in [0.5, 0.6) is 0 Å². The Balaban J connectivity index is 1.61. The normalized spacial score (nSPS) is 28.5. The van der Waals surface area contributed by atoms with E-state index >= 15 is 0 Å². The van der Waals surface area contributed by atoms with Crippen LogP contribution < -0.4 is 5.32 Å². The van der Waals surface area contributed by atoms with E-state index in [1.807, 2.05) is 0 Å². The van der Waals surface area contributed by atoms with E-state index in [1.165, 1.54) is 6.42 Å². The van der Waals surface area contributed by atoms with Gasteiger partial charge in [0.05, 0.1) is 5.56 Å². The summed E-state index contributed by atoms with van der Waals surface area (Å²) < 4.78 is 0. The van der Waals surface area contributed by atoms with Crippen LogP contribution in [0.3, 0.4) is 0 Å². The number of carboxylic acid groups (broad SMARTS) is 1. The zero-order valence-corrected chi connectivity index (χ0v) is 16.2. The zero-order chi connectivity index (χ0) is 19.4. The van der Waals surface area contributed by atoms with E-state index in [1.54, 1.807) is 24.5 Å². The lowest BCUT2D eigenvalue weighted by atomic mass is 9.44. The number of allylic oxidation sites excluding steroid dienone is 2. The minimum atomic E-state index is -0.740. The van der Waals surface area contributed by atoms with Gasteiger partial charge in [0.25, 0.3) is 5.91 Å². The van der Waals surface area contributed by atoms with E-state index in [0.717, 1.165) is 25.2 Å². The molecule has 0 unspecified atom stereocenters. The predicted molar refractivity (Wildman–Crippen MR) is 104 cm³/mol. The molecule has 0 aromatic carbocycles. The van der Waals surface area contributed by atoms with Gasteiger partial charge in [-0.1, -0.05) is 26.0 Å². The molecule has 2 N–H and O–H groups in total. The summed E-state index contributed by atoms with van der Waals surface area (Å²) in [4.78, 5) is 27.3. The molecule has 3 aliphatic rings. The smallest absolute Gasteiger partial charge is 0.303 e. The molecule has 0 saturated heterocycles. The fourth-order valence-corrected chi connectivity index (χ4v) is 4.86. The molecule has 3 aliphatic carbocycles. The van der Waals surface area contributed by atoms with Crippen LogP contribution in [0.1, 0.15) is 62.7 Å². The van der Waals surface area contributed by atoms with Gasteiger partial charge in [-0.2, -0.15) is 0 Å². The van der Waals surface area contributed by atoms with Crippen molar-refractivity contribution in [2.75, 3.05) is 0 Å². The van der Waals surface area contributed by atoms with Crippen molar-refractivity contribution in [3.8, 4) is 0 Å². The Morgan fingerprint density at radius 3 is 2.81 bits per heavy atom. The van der Waals surface area contributed by atoms with Crippen LogP contribution in [0.25, 0.3) is 0 Å². The maximum Gasteiger partial charge on any atom is 0.303 e. The molecular formula is C22H30N2O3. The standard InChI is InChI=1S/C22H30N2O3/c1-22(2)17-12-15(8-5-3-4-6-10-19(25)26)20(18(22)13-17)24-21(27)16-9-7-11-23-14-16/h3,5,7,9,11,14-15,17-18,20H,4,6,8,10,12-13H2,1-2H3,(H,24,27)(H,25,26)/b5-3+/t15-,17-,18-,20+/m0/s1. The first-order valence-electron chi connectivity index (χ1n) is 9.97. The predicted octanol–water partition coefficient (Wildman–Crippen LogP) is 4.06. The molecule has 3 saturated carbocycles. The monoisotopic (exact) mass is 370 g/mol. The number of nitrogens with zero attached hydrogens (tertiary/aromatic N) is 1. The van der Waals surface area contributed by atoms with E-state index in [4.69, 9.17) is 5.11 Å². The highest BCUT2D eigenvalue weighted by Gasteiger charge is 2.57. The van der Waals surface area contributed by atoms with Crippen molar-refractivity contribution in [2.45, 2.75) is 58.4 Å². The van der Waals surface area contributed by atoms with Crippen LogP contribution in [0, 0.1) is 23.2 Å². The highest BCUT2D eigenvalue weighted by molar-refractivity contribution is 5.94. The van der Waals surface area contributed by atoms with Crippen molar-refractivity contribution in [1.29, 1.82) is 0 Å². The molecule has 1 heterocycles. The fourth-order valence-electron chi connectivity index (χ4n) is 4.86. The molecule has 0 aliphatic heterocycles. The lowest BCUT2D eigenvalue weighted by Crippen LogP contribution is -2.63. The molecule has 2 bridgehead atoms. The largest absolute Gasteiger partial charge is 0.481 e. The molecule has 0 radical (unpaired) electrons. The third-order valence-electron chi connectivity index (χ3n) is 6.66. The number of carboxylic acids is 1. The van der Waals surface area contributed by atoms with Crippen molar-refractivity contribution in [3.05, 3.63) is 42.2 Å². The molecule has 27 heavy (non-hydrogen) atoms. The van der Waals surface area contributed by atoms with Crippen molar-refractivity contribution >= 4 is 11.9 Å². The maximum atomic E-state index is 12.7. The first-order chi connectivity index (χ1) is 12.9. The Kier molecular flexibility index (Phi) is 5.98. The number of nitrogens with one attached hydrogen (secondary N) is 1. The van der Waals surface area contributed by atoms with Gasteiger partial charge in [-0.05, 0) is 67.4 Å². The average Bonchev–Trinajstić information content (AvgIpc) is 2.65. The number of rotatable bonds is 8. The second kappa shape index (κ2) is 8.24.